The Labute approximate surface area is 110 Å². The lowest BCUT2D eigenvalue weighted by atomic mass is 10.3. The van der Waals surface area contributed by atoms with E-state index in [1.807, 2.05) is 0 Å². The molecule has 8 heteroatoms. The van der Waals surface area contributed by atoms with Gasteiger partial charge >= 0.3 is 11.9 Å². The van der Waals surface area contributed by atoms with Gasteiger partial charge in [-0.1, -0.05) is 0 Å². The highest BCUT2D eigenvalue weighted by molar-refractivity contribution is 5.78. The van der Waals surface area contributed by atoms with Crippen molar-refractivity contribution in [2.45, 2.75) is 6.92 Å². The van der Waals surface area contributed by atoms with Crippen molar-refractivity contribution in [1.82, 2.24) is 9.80 Å². The number of carboxylic acids is 2. The summed E-state index contributed by atoms with van der Waals surface area (Å²) in [4.78, 5) is 45.3. The molecule has 108 valence electrons. The van der Waals surface area contributed by atoms with E-state index in [1.54, 1.807) is 0 Å². The minimum Gasteiger partial charge on any atom is -0.480 e. The Morgan fingerprint density at radius 1 is 0.947 bits per heavy atom. The first-order valence-corrected chi connectivity index (χ1v) is 5.66. The Bertz CT molecular complexity index is 328. The fourth-order valence-corrected chi connectivity index (χ4v) is 1.53. The summed E-state index contributed by atoms with van der Waals surface area (Å²) >= 11 is 0. The fraction of sp³-hybridized carbons (Fsp3) is 0.636. The normalized spacial score (nSPS) is 10.7. The minimum atomic E-state index is -1.07. The van der Waals surface area contributed by atoms with E-state index in [2.05, 4.69) is 0 Å². The highest BCUT2D eigenvalue weighted by atomic mass is 16.4. The molecule has 0 aromatic rings. The monoisotopic (exact) mass is 274 g/mol. The van der Waals surface area contributed by atoms with E-state index in [4.69, 9.17) is 10.2 Å². The molecular weight excluding hydrogens is 256 g/mol. The molecule has 0 saturated carbocycles. The predicted molar refractivity (Wildman–Crippen MR) is 64.9 cm³/mol. The second kappa shape index (κ2) is 9.17. The largest absolute Gasteiger partial charge is 0.480 e. The van der Waals surface area contributed by atoms with Gasteiger partial charge in [0.25, 0.3) is 0 Å². The molecule has 0 aromatic carbocycles. The molecule has 0 aliphatic rings. The quantitative estimate of drug-likeness (QED) is 0.440. The third kappa shape index (κ3) is 9.86. The molecule has 0 fully saturated rings. The van der Waals surface area contributed by atoms with Crippen molar-refractivity contribution in [1.29, 1.82) is 0 Å². The van der Waals surface area contributed by atoms with E-state index in [0.717, 1.165) is 0 Å². The van der Waals surface area contributed by atoms with Crippen LogP contribution in [-0.4, -0.2) is 83.3 Å². The number of Topliss-reactive ketones (excluding diaryl/α,β-unsaturated/α-hetero) is 1. The van der Waals surface area contributed by atoms with Crippen molar-refractivity contribution >= 4 is 24.0 Å². The maximum absolute atomic E-state index is 11.0. The second-order valence-corrected chi connectivity index (χ2v) is 4.10. The van der Waals surface area contributed by atoms with Crippen molar-refractivity contribution in [3.8, 4) is 0 Å². The molecule has 0 unspecified atom stereocenters. The second-order valence-electron chi connectivity index (χ2n) is 4.10. The number of carbonyl (C=O) groups is 4. The van der Waals surface area contributed by atoms with Gasteiger partial charge in [-0.15, -0.1) is 0 Å². The molecule has 0 bridgehead atoms. The molecular formula is C11H18N2O6. The average Bonchev–Trinajstić information content (AvgIpc) is 2.23. The van der Waals surface area contributed by atoms with E-state index in [-0.39, 0.29) is 45.1 Å². The molecule has 0 amide bonds. The van der Waals surface area contributed by atoms with E-state index in [1.165, 1.54) is 16.7 Å². The first kappa shape index (κ1) is 17.2. The van der Waals surface area contributed by atoms with Crippen LogP contribution in [0.25, 0.3) is 0 Å². The van der Waals surface area contributed by atoms with Gasteiger partial charge in [-0.05, 0) is 6.92 Å². The molecule has 0 rings (SSSR count). The Balaban J connectivity index is 4.37. The van der Waals surface area contributed by atoms with Crippen molar-refractivity contribution in [3.05, 3.63) is 0 Å². The van der Waals surface area contributed by atoms with Gasteiger partial charge in [0, 0.05) is 13.1 Å². The van der Waals surface area contributed by atoms with Crippen LogP contribution in [0.5, 0.6) is 0 Å². The maximum atomic E-state index is 11.0. The number of carbonyl (C=O) groups excluding carboxylic acids is 2. The third-order valence-corrected chi connectivity index (χ3v) is 2.23. The Hall–Kier alpha value is -1.80. The number of nitrogens with zero attached hydrogens (tertiary/aromatic N) is 2. The SMILES string of the molecule is CC(=O)CN(CCN(CC=O)CC(=O)O)CC(=O)O. The fourth-order valence-electron chi connectivity index (χ4n) is 1.53. The van der Waals surface area contributed by atoms with Gasteiger partial charge in [-0.25, -0.2) is 0 Å². The summed E-state index contributed by atoms with van der Waals surface area (Å²) in [7, 11) is 0. The van der Waals surface area contributed by atoms with Gasteiger partial charge in [0.15, 0.2) is 0 Å². The van der Waals surface area contributed by atoms with E-state index in [9.17, 15) is 19.2 Å². The molecule has 19 heavy (non-hydrogen) atoms. The summed E-state index contributed by atoms with van der Waals surface area (Å²) in [5.41, 5.74) is 0. The number of rotatable bonds is 11. The van der Waals surface area contributed by atoms with Gasteiger partial charge in [0.2, 0.25) is 0 Å². The summed E-state index contributed by atoms with van der Waals surface area (Å²) in [5.74, 6) is -2.32. The molecule has 0 radical (unpaired) electrons. The predicted octanol–water partition coefficient (Wildman–Crippen LogP) is -1.45. The topological polar surface area (TPSA) is 115 Å². The van der Waals surface area contributed by atoms with E-state index in [0.29, 0.717) is 6.29 Å². The average molecular weight is 274 g/mol. The number of aldehydes is 1. The summed E-state index contributed by atoms with van der Waals surface area (Å²) < 4.78 is 0. The van der Waals surface area contributed by atoms with E-state index >= 15 is 0 Å². The number of hydrogen-bond acceptors (Lipinski definition) is 6. The highest BCUT2D eigenvalue weighted by Crippen LogP contribution is 1.93. The Morgan fingerprint density at radius 3 is 1.84 bits per heavy atom. The number of aliphatic carboxylic acids is 2. The molecule has 2 N–H and O–H groups in total. The van der Waals surface area contributed by atoms with Crippen molar-refractivity contribution in [2.24, 2.45) is 0 Å². The van der Waals surface area contributed by atoms with Crippen LogP contribution in [0.3, 0.4) is 0 Å². The van der Waals surface area contributed by atoms with Crippen molar-refractivity contribution in [3.63, 3.8) is 0 Å². The molecule has 0 aliphatic heterocycles. The maximum Gasteiger partial charge on any atom is 0.317 e. The first-order valence-electron chi connectivity index (χ1n) is 5.66. The molecule has 0 aromatic heterocycles. The van der Waals surface area contributed by atoms with Gasteiger partial charge in [-0.2, -0.15) is 0 Å². The molecule has 0 heterocycles. The van der Waals surface area contributed by atoms with Crippen LogP contribution in [0.2, 0.25) is 0 Å². The van der Waals surface area contributed by atoms with Crippen molar-refractivity contribution < 1.29 is 29.4 Å². The van der Waals surface area contributed by atoms with E-state index < -0.39 is 11.9 Å². The lowest BCUT2D eigenvalue weighted by Crippen LogP contribution is -2.42. The molecule has 0 saturated heterocycles. The van der Waals surface area contributed by atoms with Crippen LogP contribution in [-0.2, 0) is 19.2 Å². The molecule has 0 aliphatic carbocycles. The highest BCUT2D eigenvalue weighted by Gasteiger charge is 2.15. The number of hydrogen-bond donors (Lipinski definition) is 2. The number of carboxylic acid groups (broad SMARTS) is 2. The molecule has 0 atom stereocenters. The summed E-state index contributed by atoms with van der Waals surface area (Å²) in [5, 5.41) is 17.3. The van der Waals surface area contributed by atoms with Gasteiger partial charge in [0.05, 0.1) is 26.2 Å². The summed E-state index contributed by atoms with van der Waals surface area (Å²) in [6, 6.07) is 0. The summed E-state index contributed by atoms with van der Waals surface area (Å²) in [6.07, 6.45) is 0.579. The molecule has 0 spiro atoms. The first-order chi connectivity index (χ1) is 8.85. The zero-order chi connectivity index (χ0) is 14.8. The van der Waals surface area contributed by atoms with Gasteiger partial charge in [0.1, 0.15) is 12.1 Å². The van der Waals surface area contributed by atoms with Gasteiger partial charge in [-0.3, -0.25) is 24.2 Å². The zero-order valence-electron chi connectivity index (χ0n) is 10.7. The Kier molecular flexibility index (Phi) is 8.30. The lowest BCUT2D eigenvalue weighted by molar-refractivity contribution is -0.140. The zero-order valence-corrected chi connectivity index (χ0v) is 10.7. The van der Waals surface area contributed by atoms with Crippen LogP contribution in [0.1, 0.15) is 6.92 Å². The van der Waals surface area contributed by atoms with Gasteiger partial charge < -0.3 is 15.0 Å². The van der Waals surface area contributed by atoms with Crippen LogP contribution in [0.4, 0.5) is 0 Å². The molecule has 8 nitrogen and oxygen atoms in total. The summed E-state index contributed by atoms with van der Waals surface area (Å²) in [6.45, 7) is 1.07. The Morgan fingerprint density at radius 2 is 1.42 bits per heavy atom. The van der Waals surface area contributed by atoms with Crippen molar-refractivity contribution in [2.75, 3.05) is 39.3 Å². The van der Waals surface area contributed by atoms with Crippen LogP contribution >= 0.6 is 0 Å². The third-order valence-electron chi connectivity index (χ3n) is 2.23. The van der Waals surface area contributed by atoms with Crippen LogP contribution in [0.15, 0.2) is 0 Å². The standard InChI is InChI=1S/C11H18N2O6/c1-9(15)6-13(8-11(18)19)3-2-12(4-5-14)7-10(16)17/h5H,2-4,6-8H2,1H3,(H,16,17)(H,18,19). The smallest absolute Gasteiger partial charge is 0.317 e. The lowest BCUT2D eigenvalue weighted by Gasteiger charge is -2.23. The number of ketones is 1. The van der Waals surface area contributed by atoms with Crippen LogP contribution < -0.4 is 0 Å². The minimum absolute atomic E-state index is 0.0195. The van der Waals surface area contributed by atoms with Crippen LogP contribution in [0, 0.1) is 0 Å².